The predicted molar refractivity (Wildman–Crippen MR) is 42.2 cm³/mol. The highest BCUT2D eigenvalue weighted by Gasteiger charge is 1.90. The van der Waals surface area contributed by atoms with Crippen molar-refractivity contribution in [3.05, 3.63) is 35.7 Å². The molecule has 1 aromatic rings. The van der Waals surface area contributed by atoms with E-state index in [0.717, 1.165) is 11.3 Å². The van der Waals surface area contributed by atoms with Gasteiger partial charge in [0.25, 0.3) is 0 Å². The van der Waals surface area contributed by atoms with Gasteiger partial charge in [-0.2, -0.15) is 0 Å². The van der Waals surface area contributed by atoms with E-state index in [2.05, 4.69) is 0 Å². The quantitative estimate of drug-likeness (QED) is 0.638. The summed E-state index contributed by atoms with van der Waals surface area (Å²) in [4.78, 5) is 0. The van der Waals surface area contributed by atoms with Gasteiger partial charge in [0.15, 0.2) is 0 Å². The molecule has 0 unspecified atom stereocenters. The lowest BCUT2D eigenvalue weighted by Crippen LogP contribution is -1.81. The third-order valence-electron chi connectivity index (χ3n) is 1.24. The molecule has 10 heavy (non-hydrogen) atoms. The Morgan fingerprint density at radius 3 is 2.30 bits per heavy atom. The maximum atomic E-state index is 5.46. The zero-order valence-corrected chi connectivity index (χ0v) is 6.43. The lowest BCUT2D eigenvalue weighted by atomic mass is 10.2. The molecule has 0 saturated carbocycles. The van der Waals surface area contributed by atoms with Crippen LogP contribution in [0.2, 0.25) is 0 Å². The highest BCUT2D eigenvalue weighted by Crippen LogP contribution is 2.13. The molecular weight excluding hydrogens is 148 g/mol. The number of methoxy groups -OCH3 is 1. The van der Waals surface area contributed by atoms with E-state index < -0.39 is 0 Å². The zero-order valence-electron chi connectivity index (χ0n) is 5.67. The van der Waals surface area contributed by atoms with E-state index in [1.165, 1.54) is 5.88 Å². The maximum Gasteiger partial charge on any atom is 0.118 e. The van der Waals surface area contributed by atoms with Crippen molar-refractivity contribution in [2.75, 3.05) is 7.11 Å². The van der Waals surface area contributed by atoms with Crippen LogP contribution in [0.4, 0.5) is 0 Å². The van der Waals surface area contributed by atoms with Crippen LogP contribution in [-0.4, -0.2) is 7.11 Å². The maximum absolute atomic E-state index is 5.46. The zero-order chi connectivity index (χ0) is 7.40. The monoisotopic (exact) mass is 155 g/mol. The third-order valence-corrected chi connectivity index (χ3v) is 1.49. The number of ether oxygens (including phenoxy) is 1. The van der Waals surface area contributed by atoms with Gasteiger partial charge in [0.1, 0.15) is 5.75 Å². The molecule has 0 N–H and O–H groups in total. The van der Waals surface area contributed by atoms with E-state index in [9.17, 15) is 0 Å². The molecule has 2 heteroatoms. The highest BCUT2D eigenvalue weighted by molar-refractivity contribution is 6.25. The van der Waals surface area contributed by atoms with Crippen LogP contribution in [0.3, 0.4) is 0 Å². The molecule has 0 aliphatic rings. The molecule has 0 heterocycles. The standard InChI is InChI=1S/C8H8ClO/c1-10-8-4-2-7(6-9)3-5-8/h2-6H,1H3. The molecule has 1 rings (SSSR count). The van der Waals surface area contributed by atoms with Gasteiger partial charge in [-0.1, -0.05) is 12.1 Å². The first-order valence-corrected chi connectivity index (χ1v) is 3.38. The minimum absolute atomic E-state index is 0.849. The van der Waals surface area contributed by atoms with Crippen molar-refractivity contribution in [2.24, 2.45) is 0 Å². The highest BCUT2D eigenvalue weighted by atomic mass is 35.5. The summed E-state index contributed by atoms with van der Waals surface area (Å²) in [5.74, 6) is 2.38. The predicted octanol–water partition coefficient (Wildman–Crippen LogP) is 2.44. The number of hydrogen-bond donors (Lipinski definition) is 0. The first-order chi connectivity index (χ1) is 4.86. The second-order valence-electron chi connectivity index (χ2n) is 1.88. The SMILES string of the molecule is COc1ccc([CH]Cl)cc1. The van der Waals surface area contributed by atoms with Crippen LogP contribution < -0.4 is 4.74 Å². The molecule has 0 bridgehead atoms. The molecule has 0 amide bonds. The normalized spacial score (nSPS) is 9.40. The summed E-state index contributed by atoms with van der Waals surface area (Å²) in [6, 6.07) is 7.53. The average molecular weight is 156 g/mol. The fraction of sp³-hybridized carbons (Fsp3) is 0.125. The minimum atomic E-state index is 0.849. The van der Waals surface area contributed by atoms with Crippen molar-refractivity contribution in [1.82, 2.24) is 0 Å². The van der Waals surface area contributed by atoms with Crippen molar-refractivity contribution in [2.45, 2.75) is 0 Å². The molecular formula is C8H8ClO. The summed E-state index contributed by atoms with van der Waals surface area (Å²) in [5.41, 5.74) is 0.988. The summed E-state index contributed by atoms with van der Waals surface area (Å²) in [5, 5.41) is 0. The molecule has 53 valence electrons. The van der Waals surface area contributed by atoms with Crippen LogP contribution >= 0.6 is 11.6 Å². The van der Waals surface area contributed by atoms with E-state index in [4.69, 9.17) is 16.3 Å². The molecule has 0 spiro atoms. The fourth-order valence-corrected chi connectivity index (χ4v) is 0.822. The van der Waals surface area contributed by atoms with Gasteiger partial charge in [-0.25, -0.2) is 0 Å². The van der Waals surface area contributed by atoms with E-state index in [0.29, 0.717) is 0 Å². The Kier molecular flexibility index (Phi) is 2.57. The second-order valence-corrected chi connectivity index (χ2v) is 2.10. The molecule has 1 aromatic carbocycles. The van der Waals surface area contributed by atoms with Gasteiger partial charge in [-0.15, -0.1) is 11.6 Å². The summed E-state index contributed by atoms with van der Waals surface area (Å²) < 4.78 is 4.96. The summed E-state index contributed by atoms with van der Waals surface area (Å²) >= 11 is 5.46. The van der Waals surface area contributed by atoms with Crippen LogP contribution in [0.15, 0.2) is 24.3 Å². The van der Waals surface area contributed by atoms with Crippen molar-refractivity contribution in [1.29, 1.82) is 0 Å². The first kappa shape index (κ1) is 7.42. The van der Waals surface area contributed by atoms with Crippen LogP contribution in [0, 0.1) is 5.88 Å². The van der Waals surface area contributed by atoms with Crippen LogP contribution in [0.25, 0.3) is 0 Å². The van der Waals surface area contributed by atoms with Gasteiger partial charge in [0.2, 0.25) is 0 Å². The van der Waals surface area contributed by atoms with Gasteiger partial charge in [-0.05, 0) is 17.7 Å². The third kappa shape index (κ3) is 1.64. The largest absolute Gasteiger partial charge is 0.497 e. The summed E-state index contributed by atoms with van der Waals surface area (Å²) in [7, 11) is 1.64. The molecule has 0 fully saturated rings. The van der Waals surface area contributed by atoms with E-state index in [1.54, 1.807) is 7.11 Å². The van der Waals surface area contributed by atoms with Crippen molar-refractivity contribution in [3.63, 3.8) is 0 Å². The number of hydrogen-bond acceptors (Lipinski definition) is 1. The van der Waals surface area contributed by atoms with E-state index in [1.807, 2.05) is 24.3 Å². The second kappa shape index (κ2) is 3.47. The summed E-state index contributed by atoms with van der Waals surface area (Å²) in [6.45, 7) is 0. The van der Waals surface area contributed by atoms with Crippen molar-refractivity contribution >= 4 is 11.6 Å². The van der Waals surface area contributed by atoms with Gasteiger partial charge in [-0.3, -0.25) is 0 Å². The molecule has 0 atom stereocenters. The number of rotatable bonds is 2. The Morgan fingerprint density at radius 1 is 1.30 bits per heavy atom. The Bertz CT molecular complexity index is 170. The molecule has 0 aliphatic heterocycles. The smallest absolute Gasteiger partial charge is 0.118 e. The number of benzene rings is 1. The van der Waals surface area contributed by atoms with Gasteiger partial charge in [0.05, 0.1) is 13.0 Å². The first-order valence-electron chi connectivity index (χ1n) is 2.94. The van der Waals surface area contributed by atoms with E-state index in [-0.39, 0.29) is 0 Å². The lowest BCUT2D eigenvalue weighted by Gasteiger charge is -1.98. The van der Waals surface area contributed by atoms with Crippen LogP contribution in [0.5, 0.6) is 5.75 Å². The van der Waals surface area contributed by atoms with Gasteiger partial charge < -0.3 is 4.74 Å². The number of halogens is 1. The Morgan fingerprint density at radius 2 is 1.90 bits per heavy atom. The van der Waals surface area contributed by atoms with E-state index >= 15 is 0 Å². The molecule has 0 aromatic heterocycles. The molecule has 1 nitrogen and oxygen atoms in total. The Hall–Kier alpha value is -0.690. The molecule has 0 saturated heterocycles. The molecule has 0 aliphatic carbocycles. The fourth-order valence-electron chi connectivity index (χ4n) is 0.677. The topological polar surface area (TPSA) is 9.23 Å². The Labute approximate surface area is 65.6 Å². The summed E-state index contributed by atoms with van der Waals surface area (Å²) in [6.07, 6.45) is 0. The molecule has 1 radical (unpaired) electrons. The van der Waals surface area contributed by atoms with Gasteiger partial charge in [0, 0.05) is 0 Å². The van der Waals surface area contributed by atoms with Gasteiger partial charge >= 0.3 is 0 Å². The average Bonchev–Trinajstić information content (AvgIpc) is 2.05. The van der Waals surface area contributed by atoms with Crippen LogP contribution in [0.1, 0.15) is 5.56 Å². The van der Waals surface area contributed by atoms with Crippen LogP contribution in [-0.2, 0) is 0 Å². The Balaban J connectivity index is 2.80. The lowest BCUT2D eigenvalue weighted by molar-refractivity contribution is 0.415. The minimum Gasteiger partial charge on any atom is -0.497 e. The van der Waals surface area contributed by atoms with Crippen molar-refractivity contribution < 1.29 is 4.74 Å². The van der Waals surface area contributed by atoms with Crippen molar-refractivity contribution in [3.8, 4) is 5.75 Å².